The van der Waals surface area contributed by atoms with Crippen LogP contribution in [0.3, 0.4) is 0 Å². The molecule has 0 bridgehead atoms. The maximum absolute atomic E-state index is 13.7. The van der Waals surface area contributed by atoms with Crippen molar-refractivity contribution in [3.8, 4) is 0 Å². The van der Waals surface area contributed by atoms with Crippen molar-refractivity contribution in [1.29, 1.82) is 5.41 Å². The van der Waals surface area contributed by atoms with Gasteiger partial charge in [0.2, 0.25) is 0 Å². The van der Waals surface area contributed by atoms with E-state index in [-0.39, 0.29) is 22.6 Å². The van der Waals surface area contributed by atoms with Gasteiger partial charge in [-0.3, -0.25) is 5.41 Å². The van der Waals surface area contributed by atoms with E-state index in [1.54, 1.807) is 4.90 Å². The van der Waals surface area contributed by atoms with Crippen LogP contribution in [0.25, 0.3) is 0 Å². The highest BCUT2D eigenvalue weighted by atomic mass is 35.5. The average Bonchev–Trinajstić information content (AvgIpc) is 2.26. The summed E-state index contributed by atoms with van der Waals surface area (Å²) in [4.78, 5) is 5.70. The molecule has 1 rings (SSSR count). The van der Waals surface area contributed by atoms with Crippen molar-refractivity contribution in [2.24, 2.45) is 11.7 Å². The molecule has 17 heavy (non-hydrogen) atoms. The van der Waals surface area contributed by atoms with Crippen molar-refractivity contribution in [2.75, 3.05) is 18.0 Å². The number of nitrogens with two attached hydrogens (primary N) is 1. The molecular weight excluding hydrogens is 243 g/mol. The van der Waals surface area contributed by atoms with Crippen LogP contribution in [0, 0.1) is 17.1 Å². The minimum absolute atomic E-state index is 0.0813. The fraction of sp³-hybridized carbons (Fsp3) is 0.455. The largest absolute Gasteiger partial charge is 0.387 e. The van der Waals surface area contributed by atoms with Crippen LogP contribution < -0.4 is 10.6 Å². The lowest BCUT2D eigenvalue weighted by atomic mass is 10.1. The lowest BCUT2D eigenvalue weighted by molar-refractivity contribution is 0.600. The third-order valence-electron chi connectivity index (χ3n) is 2.49. The highest BCUT2D eigenvalue weighted by Crippen LogP contribution is 2.20. The average molecular weight is 259 g/mol. The van der Waals surface area contributed by atoms with Crippen LogP contribution in [0.4, 0.5) is 10.2 Å². The van der Waals surface area contributed by atoms with Gasteiger partial charge in [-0.25, -0.2) is 9.37 Å². The van der Waals surface area contributed by atoms with E-state index >= 15 is 0 Å². The number of hydrogen-bond donors (Lipinski definition) is 2. The van der Waals surface area contributed by atoms with Crippen LogP contribution >= 0.6 is 11.6 Å². The molecule has 0 aliphatic carbocycles. The van der Waals surface area contributed by atoms with Gasteiger partial charge in [0.1, 0.15) is 0 Å². The number of nitrogens with zero attached hydrogens (tertiary/aromatic N) is 2. The molecule has 1 aromatic heterocycles. The Kier molecular flexibility index (Phi) is 4.69. The van der Waals surface area contributed by atoms with E-state index in [1.807, 2.05) is 13.8 Å². The van der Waals surface area contributed by atoms with Crippen LogP contribution in [-0.4, -0.2) is 23.9 Å². The molecule has 3 N–H and O–H groups in total. The smallest absolute Gasteiger partial charge is 0.167 e. The highest BCUT2D eigenvalue weighted by molar-refractivity contribution is 6.30. The lowest BCUT2D eigenvalue weighted by Crippen LogP contribution is -2.35. The number of aromatic nitrogens is 1. The molecule has 1 heterocycles. The summed E-state index contributed by atoms with van der Waals surface area (Å²) in [6, 6.07) is 1.23. The minimum Gasteiger partial charge on any atom is -0.387 e. The minimum atomic E-state index is -0.463. The molecule has 4 nitrogen and oxygen atoms in total. The first kappa shape index (κ1) is 13.7. The van der Waals surface area contributed by atoms with Gasteiger partial charge in [-0.15, -0.1) is 0 Å². The Morgan fingerprint density at radius 2 is 2.35 bits per heavy atom. The number of anilines is 1. The summed E-state index contributed by atoms with van der Waals surface area (Å²) in [5.74, 6) is -0.287. The van der Waals surface area contributed by atoms with Gasteiger partial charge in [0.05, 0.1) is 10.9 Å². The molecule has 0 amide bonds. The van der Waals surface area contributed by atoms with Crippen molar-refractivity contribution in [3.05, 3.63) is 23.1 Å². The normalized spacial score (nSPS) is 12.2. The van der Waals surface area contributed by atoms with Crippen LogP contribution in [-0.2, 0) is 0 Å². The maximum Gasteiger partial charge on any atom is 0.167 e. The highest BCUT2D eigenvalue weighted by Gasteiger charge is 2.16. The quantitative estimate of drug-likeness (QED) is 0.629. The second kappa shape index (κ2) is 5.82. The molecular formula is C11H16ClFN4. The number of pyridine rings is 1. The van der Waals surface area contributed by atoms with Crippen molar-refractivity contribution in [2.45, 2.75) is 13.8 Å². The molecule has 0 aliphatic rings. The van der Waals surface area contributed by atoms with Crippen LogP contribution in [0.5, 0.6) is 0 Å². The second-order valence-electron chi connectivity index (χ2n) is 3.85. The van der Waals surface area contributed by atoms with Gasteiger partial charge in [0.15, 0.2) is 11.6 Å². The summed E-state index contributed by atoms with van der Waals surface area (Å²) < 4.78 is 13.7. The summed E-state index contributed by atoms with van der Waals surface area (Å²) >= 11 is 5.65. The van der Waals surface area contributed by atoms with E-state index < -0.39 is 5.82 Å². The van der Waals surface area contributed by atoms with E-state index in [2.05, 4.69) is 4.98 Å². The van der Waals surface area contributed by atoms with Crippen molar-refractivity contribution in [3.63, 3.8) is 0 Å². The number of amidine groups is 1. The first-order valence-corrected chi connectivity index (χ1v) is 5.73. The number of hydrogen-bond acceptors (Lipinski definition) is 3. The third kappa shape index (κ3) is 3.56. The fourth-order valence-corrected chi connectivity index (χ4v) is 1.58. The topological polar surface area (TPSA) is 66.0 Å². The van der Waals surface area contributed by atoms with E-state index in [1.165, 1.54) is 12.3 Å². The summed E-state index contributed by atoms with van der Waals surface area (Å²) in [7, 11) is 0. The Balaban J connectivity index is 2.90. The summed E-state index contributed by atoms with van der Waals surface area (Å²) in [5, 5.41) is 7.60. The number of halogens is 2. The van der Waals surface area contributed by atoms with Crippen molar-refractivity contribution >= 4 is 23.3 Å². The van der Waals surface area contributed by atoms with Gasteiger partial charge in [0, 0.05) is 25.2 Å². The molecule has 94 valence electrons. The van der Waals surface area contributed by atoms with Crippen LogP contribution in [0.15, 0.2) is 12.3 Å². The standard InChI is InChI=1S/C11H16ClFN4/c1-3-17(6-7(2)10(14)15)11-9(13)4-8(12)5-16-11/h4-5,7H,3,6H2,1-2H3,(H3,14,15). The zero-order valence-electron chi connectivity index (χ0n) is 9.87. The van der Waals surface area contributed by atoms with E-state index in [0.29, 0.717) is 13.1 Å². The molecule has 0 spiro atoms. The molecule has 1 aromatic rings. The fourth-order valence-electron chi connectivity index (χ4n) is 1.43. The van der Waals surface area contributed by atoms with E-state index in [9.17, 15) is 4.39 Å². The predicted octanol–water partition coefficient (Wildman–Crippen LogP) is 2.27. The molecule has 6 heteroatoms. The summed E-state index contributed by atoms with van der Waals surface area (Å²) in [6.07, 6.45) is 1.40. The predicted molar refractivity (Wildman–Crippen MR) is 68.2 cm³/mol. The molecule has 0 aromatic carbocycles. The zero-order chi connectivity index (χ0) is 13.0. The van der Waals surface area contributed by atoms with Gasteiger partial charge < -0.3 is 10.6 Å². The molecule has 0 saturated carbocycles. The van der Waals surface area contributed by atoms with E-state index in [0.717, 1.165) is 0 Å². The van der Waals surface area contributed by atoms with E-state index in [4.69, 9.17) is 22.7 Å². The van der Waals surface area contributed by atoms with Crippen LogP contribution in [0.1, 0.15) is 13.8 Å². The van der Waals surface area contributed by atoms with Crippen LogP contribution in [0.2, 0.25) is 5.02 Å². The Hall–Kier alpha value is -1.36. The summed E-state index contributed by atoms with van der Waals surface area (Å²) in [5.41, 5.74) is 5.40. The second-order valence-corrected chi connectivity index (χ2v) is 4.29. The number of rotatable bonds is 5. The molecule has 1 unspecified atom stereocenters. The van der Waals surface area contributed by atoms with Gasteiger partial charge in [-0.2, -0.15) is 0 Å². The van der Waals surface area contributed by atoms with Gasteiger partial charge >= 0.3 is 0 Å². The molecule has 0 aliphatic heterocycles. The van der Waals surface area contributed by atoms with Gasteiger partial charge in [-0.1, -0.05) is 18.5 Å². The third-order valence-corrected chi connectivity index (χ3v) is 2.70. The monoisotopic (exact) mass is 258 g/mol. The molecule has 1 atom stereocenters. The molecule has 0 radical (unpaired) electrons. The van der Waals surface area contributed by atoms with Crippen molar-refractivity contribution < 1.29 is 4.39 Å². The SMILES string of the molecule is CCN(CC(C)C(=N)N)c1ncc(Cl)cc1F. The zero-order valence-corrected chi connectivity index (χ0v) is 10.6. The van der Waals surface area contributed by atoms with Gasteiger partial charge in [0.25, 0.3) is 0 Å². The Morgan fingerprint density at radius 1 is 1.71 bits per heavy atom. The Morgan fingerprint density at radius 3 is 2.82 bits per heavy atom. The Bertz CT molecular complexity index is 410. The van der Waals surface area contributed by atoms with Gasteiger partial charge in [-0.05, 0) is 13.0 Å². The first-order valence-electron chi connectivity index (χ1n) is 5.35. The van der Waals surface area contributed by atoms with Crippen molar-refractivity contribution in [1.82, 2.24) is 4.98 Å². The first-order chi connectivity index (χ1) is 7.95. The molecule has 0 saturated heterocycles. The molecule has 0 fully saturated rings. The maximum atomic E-state index is 13.7. The lowest BCUT2D eigenvalue weighted by Gasteiger charge is -2.25. The number of nitrogens with one attached hydrogen (secondary N) is 1. The summed E-state index contributed by atoms with van der Waals surface area (Å²) in [6.45, 7) is 4.75. The Labute approximate surface area is 105 Å².